The lowest BCUT2D eigenvalue weighted by Gasteiger charge is -2.38. The zero-order valence-electron chi connectivity index (χ0n) is 31.6. The van der Waals surface area contributed by atoms with E-state index >= 15 is 0 Å². The number of benzene rings is 3. The molecule has 0 bridgehead atoms. The first-order valence-electron chi connectivity index (χ1n) is 18.5. The number of aliphatic hydroxyl groups excluding tert-OH is 2. The first kappa shape index (κ1) is 44.5. The number of thiophene rings is 1. The van der Waals surface area contributed by atoms with Crippen molar-refractivity contribution in [3.8, 4) is 10.4 Å². The smallest absolute Gasteiger partial charge is 0.416 e. The van der Waals surface area contributed by atoms with Crippen LogP contribution in [0.1, 0.15) is 41.6 Å². The largest absolute Gasteiger partial charge is 0.479 e. The molecular formula is C41H41F5N4O8S. The van der Waals surface area contributed by atoms with Gasteiger partial charge in [0.05, 0.1) is 23.0 Å². The van der Waals surface area contributed by atoms with E-state index in [0.717, 1.165) is 60.4 Å². The molecule has 1 aliphatic heterocycles. The molecule has 2 unspecified atom stereocenters. The van der Waals surface area contributed by atoms with Gasteiger partial charge in [-0.15, -0.1) is 11.3 Å². The number of hydrogen-bond donors (Lipinski definition) is 4. The van der Waals surface area contributed by atoms with E-state index in [1.807, 2.05) is 17.0 Å². The lowest BCUT2D eigenvalue weighted by atomic mass is 10.0. The molecule has 5 aromatic rings. The summed E-state index contributed by atoms with van der Waals surface area (Å²) < 4.78 is 69.5. The van der Waals surface area contributed by atoms with Crippen molar-refractivity contribution in [2.24, 2.45) is 0 Å². The van der Waals surface area contributed by atoms with E-state index in [4.69, 9.17) is 20.4 Å². The van der Waals surface area contributed by atoms with Gasteiger partial charge >= 0.3 is 18.1 Å². The average Bonchev–Trinajstić information content (AvgIpc) is 3.70. The van der Waals surface area contributed by atoms with Crippen LogP contribution < -0.4 is 5.56 Å². The molecule has 59 heavy (non-hydrogen) atoms. The minimum Gasteiger partial charge on any atom is -0.479 e. The third kappa shape index (κ3) is 11.1. The topological polar surface area (TPSA) is 174 Å². The van der Waals surface area contributed by atoms with Gasteiger partial charge in [0.2, 0.25) is 5.91 Å². The molecule has 0 radical (unpaired) electrons. The second-order valence-corrected chi connectivity index (χ2v) is 14.9. The number of carboxylic acids is 2. The number of fused-ring (bicyclic) bond motifs is 1. The first-order valence-corrected chi connectivity index (χ1v) is 19.3. The molecule has 12 nitrogen and oxygen atoms in total. The average molecular weight is 845 g/mol. The number of aromatic nitrogens is 2. The first-order chi connectivity index (χ1) is 28.0. The van der Waals surface area contributed by atoms with Gasteiger partial charge in [0.1, 0.15) is 12.4 Å². The number of piperidine rings is 1. The van der Waals surface area contributed by atoms with Gasteiger partial charge in [-0.3, -0.25) is 9.59 Å². The molecule has 0 spiro atoms. The third-order valence-electron chi connectivity index (χ3n) is 9.97. The van der Waals surface area contributed by atoms with Gasteiger partial charge in [-0.25, -0.2) is 18.4 Å². The van der Waals surface area contributed by atoms with Crippen LogP contribution in [0.5, 0.6) is 0 Å². The van der Waals surface area contributed by atoms with Crippen LogP contribution in [0.25, 0.3) is 21.3 Å². The fourth-order valence-electron chi connectivity index (χ4n) is 6.70. The molecule has 314 valence electrons. The van der Waals surface area contributed by atoms with Crippen LogP contribution >= 0.6 is 11.3 Å². The highest BCUT2D eigenvalue weighted by atomic mass is 32.1. The minimum absolute atomic E-state index is 0.0598. The van der Waals surface area contributed by atoms with Gasteiger partial charge < -0.3 is 34.8 Å². The predicted molar refractivity (Wildman–Crippen MR) is 207 cm³/mol. The van der Waals surface area contributed by atoms with Crippen molar-refractivity contribution < 1.29 is 56.8 Å². The molecule has 1 saturated heterocycles. The van der Waals surface area contributed by atoms with Crippen molar-refractivity contribution in [1.29, 1.82) is 0 Å². The van der Waals surface area contributed by atoms with Crippen molar-refractivity contribution >= 4 is 40.1 Å². The summed E-state index contributed by atoms with van der Waals surface area (Å²) in [6.45, 7) is 4.85. The summed E-state index contributed by atoms with van der Waals surface area (Å²) in [7, 11) is 0. The number of carboxylic acid groups (broad SMARTS) is 2. The molecule has 1 amide bonds. The summed E-state index contributed by atoms with van der Waals surface area (Å²) in [5.74, 6) is -5.35. The minimum atomic E-state index is -4.42. The van der Waals surface area contributed by atoms with Gasteiger partial charge in [0.15, 0.2) is 23.8 Å². The van der Waals surface area contributed by atoms with Crippen LogP contribution in [0.4, 0.5) is 22.0 Å². The molecule has 6 rings (SSSR count). The van der Waals surface area contributed by atoms with Crippen LogP contribution in [0.2, 0.25) is 0 Å². The van der Waals surface area contributed by atoms with Crippen LogP contribution in [0.15, 0.2) is 83.7 Å². The molecule has 18 heteroatoms. The number of rotatable bonds is 13. The molecule has 3 aromatic carbocycles. The number of amides is 1. The molecule has 0 saturated carbocycles. The Balaban J connectivity index is 0.000000586. The summed E-state index contributed by atoms with van der Waals surface area (Å²) >= 11 is 1.42. The standard InChI is InChI=1S/C37H35F5N4O2S.C4H6O6/c1-2-44-20-18-27(19-21-44)45(22-28-15-16-32(49-28)24-10-13-26(14-11-24)37(40,41)42)34(47)23-46-31-9-4-3-7-29(31)36(48)43-33(46)17-12-25-6-5-8-30(38)35(25)39;5-1(3(7)8)2(6)4(9)10/h3-11,13-16,27H,2,12,17-23H2,1H3;1-2,5-6H,(H,7,8)(H,9,10). The summed E-state index contributed by atoms with van der Waals surface area (Å²) in [5, 5.41) is 32.9. The fraction of sp³-hybridized carbons (Fsp3) is 0.341. The monoisotopic (exact) mass is 844 g/mol. The molecule has 1 fully saturated rings. The molecule has 2 aromatic heterocycles. The van der Waals surface area contributed by atoms with Crippen LogP contribution in [0.3, 0.4) is 0 Å². The second kappa shape index (κ2) is 19.5. The number of likely N-dealkylation sites (tertiary alicyclic amines) is 1. The second-order valence-electron chi connectivity index (χ2n) is 13.7. The van der Waals surface area contributed by atoms with Crippen LogP contribution in [-0.2, 0) is 46.5 Å². The van der Waals surface area contributed by atoms with E-state index < -0.39 is 53.1 Å². The number of alkyl halides is 3. The Morgan fingerprint density at radius 2 is 1.53 bits per heavy atom. The third-order valence-corrected chi connectivity index (χ3v) is 11.1. The summed E-state index contributed by atoms with van der Waals surface area (Å²) in [6, 6.07) is 19.6. The molecule has 0 aliphatic carbocycles. The predicted octanol–water partition coefficient (Wildman–Crippen LogP) is 5.60. The number of carbonyl (C=O) groups is 3. The zero-order valence-corrected chi connectivity index (χ0v) is 32.4. The summed E-state index contributed by atoms with van der Waals surface area (Å²) in [6.07, 6.45) is -7.24. The van der Waals surface area contributed by atoms with E-state index in [2.05, 4.69) is 16.8 Å². The number of para-hydroxylation sites is 1. The quantitative estimate of drug-likeness (QED) is 0.109. The number of aryl methyl sites for hydroxylation is 2. The lowest BCUT2D eigenvalue weighted by Crippen LogP contribution is -2.48. The Morgan fingerprint density at radius 3 is 2.14 bits per heavy atom. The SMILES string of the molecule is CCN1CCC(N(Cc2ccc(-c3ccc(C(F)(F)F)cc3)s2)C(=O)Cn2c(CCc3cccc(F)c3F)nc(=O)c3ccccc32)CC1.O=C(O)C(O)C(O)C(=O)O. The maximum atomic E-state index is 14.5. The molecule has 3 heterocycles. The molecular weight excluding hydrogens is 804 g/mol. The highest BCUT2D eigenvalue weighted by Crippen LogP contribution is 2.34. The lowest BCUT2D eigenvalue weighted by molar-refractivity contribution is -0.165. The highest BCUT2D eigenvalue weighted by Gasteiger charge is 2.32. The van der Waals surface area contributed by atoms with Crippen LogP contribution in [-0.4, -0.2) is 95.5 Å². The van der Waals surface area contributed by atoms with Crippen molar-refractivity contribution in [2.45, 2.75) is 70.1 Å². The van der Waals surface area contributed by atoms with Gasteiger partial charge in [0.25, 0.3) is 5.56 Å². The zero-order chi connectivity index (χ0) is 43.0. The Kier molecular flexibility index (Phi) is 14.7. The maximum Gasteiger partial charge on any atom is 0.416 e. The van der Waals surface area contributed by atoms with E-state index in [0.29, 0.717) is 28.8 Å². The van der Waals surface area contributed by atoms with Gasteiger partial charge in [-0.05, 0) is 79.4 Å². The Hall–Kier alpha value is -5.56. The van der Waals surface area contributed by atoms with E-state index in [9.17, 15) is 41.1 Å². The number of aliphatic hydroxyl groups is 2. The van der Waals surface area contributed by atoms with Crippen LogP contribution in [0, 0.1) is 11.6 Å². The number of aliphatic carboxylic acids is 2. The van der Waals surface area contributed by atoms with Gasteiger partial charge in [0, 0.05) is 35.3 Å². The number of hydrogen-bond acceptors (Lipinski definition) is 9. The van der Waals surface area contributed by atoms with E-state index in [1.54, 1.807) is 28.8 Å². The number of nitrogens with zero attached hydrogens (tertiary/aromatic N) is 4. The van der Waals surface area contributed by atoms with Gasteiger partial charge in [-0.2, -0.15) is 18.2 Å². The van der Waals surface area contributed by atoms with Crippen molar-refractivity contribution in [1.82, 2.24) is 19.4 Å². The van der Waals surface area contributed by atoms with Crippen molar-refractivity contribution in [2.75, 3.05) is 19.6 Å². The Morgan fingerprint density at radius 1 is 0.881 bits per heavy atom. The molecule has 4 N–H and O–H groups in total. The normalized spacial score (nSPS) is 14.6. The van der Waals surface area contributed by atoms with E-state index in [-0.39, 0.29) is 36.9 Å². The van der Waals surface area contributed by atoms with Crippen molar-refractivity contribution in [3.05, 3.63) is 123 Å². The van der Waals surface area contributed by atoms with Crippen molar-refractivity contribution in [3.63, 3.8) is 0 Å². The maximum absolute atomic E-state index is 14.5. The Labute approximate surface area is 338 Å². The molecule has 1 aliphatic rings. The molecule has 2 atom stereocenters. The number of halogens is 5. The fourth-order valence-corrected chi connectivity index (χ4v) is 7.71. The number of carbonyl (C=O) groups excluding carboxylic acids is 1. The van der Waals surface area contributed by atoms with Gasteiger partial charge in [-0.1, -0.05) is 43.3 Å². The summed E-state index contributed by atoms with van der Waals surface area (Å²) in [5.41, 5.74) is 0.141. The summed E-state index contributed by atoms with van der Waals surface area (Å²) in [4.78, 5) is 57.1. The Bertz CT molecular complexity index is 2310. The van der Waals surface area contributed by atoms with E-state index in [1.165, 1.54) is 35.6 Å². The highest BCUT2D eigenvalue weighted by molar-refractivity contribution is 7.15.